The van der Waals surface area contributed by atoms with Crippen molar-refractivity contribution in [3.8, 4) is 33.8 Å². The first-order chi connectivity index (χ1) is 16.8. The summed E-state index contributed by atoms with van der Waals surface area (Å²) in [6.07, 6.45) is 0. The van der Waals surface area contributed by atoms with Gasteiger partial charge in [0.15, 0.2) is 0 Å². The van der Waals surface area contributed by atoms with Gasteiger partial charge in [-0.1, -0.05) is 72.8 Å². The van der Waals surface area contributed by atoms with Gasteiger partial charge >= 0.3 is 0 Å². The van der Waals surface area contributed by atoms with E-state index in [9.17, 15) is 0 Å². The summed E-state index contributed by atoms with van der Waals surface area (Å²) in [5.41, 5.74) is 6.48. The summed E-state index contributed by atoms with van der Waals surface area (Å²) in [4.78, 5) is 0. The maximum atomic E-state index is 6.31. The Balaban J connectivity index is 1.41. The molecule has 2 heterocycles. The SMILES string of the molecule is c1ccc2cc3c(cc2c1)oc1cccc(-c2ccc4c(c2)-c2cccc5cccc(c25)O4)c13. The van der Waals surface area contributed by atoms with Crippen molar-refractivity contribution < 1.29 is 9.15 Å². The van der Waals surface area contributed by atoms with E-state index in [1.165, 1.54) is 32.7 Å². The first-order valence-corrected chi connectivity index (χ1v) is 11.5. The lowest BCUT2D eigenvalue weighted by atomic mass is 9.91. The number of hydrogen-bond acceptors (Lipinski definition) is 2. The van der Waals surface area contributed by atoms with Gasteiger partial charge in [0.1, 0.15) is 22.7 Å². The van der Waals surface area contributed by atoms with Crippen LogP contribution in [0.2, 0.25) is 0 Å². The summed E-state index contributed by atoms with van der Waals surface area (Å²) in [5.74, 6) is 1.81. The highest BCUT2D eigenvalue weighted by molar-refractivity contribution is 6.16. The highest BCUT2D eigenvalue weighted by Gasteiger charge is 2.21. The van der Waals surface area contributed by atoms with Crippen LogP contribution in [0.3, 0.4) is 0 Å². The summed E-state index contributed by atoms with van der Waals surface area (Å²) in [7, 11) is 0. The average Bonchev–Trinajstić information content (AvgIpc) is 3.25. The minimum absolute atomic E-state index is 0.894. The van der Waals surface area contributed by atoms with E-state index >= 15 is 0 Å². The van der Waals surface area contributed by atoms with Gasteiger partial charge in [-0.05, 0) is 69.2 Å². The van der Waals surface area contributed by atoms with E-state index in [0.29, 0.717) is 0 Å². The molecule has 0 bridgehead atoms. The van der Waals surface area contributed by atoms with Crippen molar-refractivity contribution in [2.24, 2.45) is 0 Å². The van der Waals surface area contributed by atoms with Gasteiger partial charge in [0.25, 0.3) is 0 Å². The molecule has 0 N–H and O–H groups in total. The third-order valence-electron chi connectivity index (χ3n) is 7.03. The fourth-order valence-electron chi connectivity index (χ4n) is 5.48. The van der Waals surface area contributed by atoms with Gasteiger partial charge < -0.3 is 9.15 Å². The quantitative estimate of drug-likeness (QED) is 0.257. The van der Waals surface area contributed by atoms with Crippen molar-refractivity contribution >= 4 is 43.5 Å². The monoisotopic (exact) mass is 434 g/mol. The summed E-state index contributed by atoms with van der Waals surface area (Å²) in [6.45, 7) is 0. The van der Waals surface area contributed by atoms with Crippen LogP contribution in [0.5, 0.6) is 11.5 Å². The van der Waals surface area contributed by atoms with Crippen LogP contribution in [-0.2, 0) is 0 Å². The predicted molar refractivity (Wildman–Crippen MR) is 140 cm³/mol. The fraction of sp³-hybridized carbons (Fsp3) is 0. The molecule has 0 unspecified atom stereocenters. The van der Waals surface area contributed by atoms with Gasteiger partial charge in [-0.15, -0.1) is 0 Å². The van der Waals surface area contributed by atoms with Crippen molar-refractivity contribution in [2.45, 2.75) is 0 Å². The third kappa shape index (κ3) is 2.40. The second kappa shape index (κ2) is 6.49. The molecule has 2 heteroatoms. The first-order valence-electron chi connectivity index (χ1n) is 11.5. The number of fused-ring (bicyclic) bond motifs is 6. The molecule has 0 radical (unpaired) electrons. The zero-order chi connectivity index (χ0) is 22.2. The molecule has 8 rings (SSSR count). The minimum atomic E-state index is 0.894. The molecular formula is C32H18O2. The van der Waals surface area contributed by atoms with Crippen LogP contribution in [0.4, 0.5) is 0 Å². The van der Waals surface area contributed by atoms with E-state index in [1.807, 2.05) is 6.07 Å². The lowest BCUT2D eigenvalue weighted by Gasteiger charge is -2.22. The Bertz CT molecular complexity index is 1940. The zero-order valence-corrected chi connectivity index (χ0v) is 18.2. The molecule has 34 heavy (non-hydrogen) atoms. The van der Waals surface area contributed by atoms with Gasteiger partial charge in [-0.25, -0.2) is 0 Å². The Morgan fingerprint density at radius 3 is 2.12 bits per heavy atom. The highest BCUT2D eigenvalue weighted by Crippen LogP contribution is 2.48. The molecule has 1 aliphatic rings. The minimum Gasteiger partial charge on any atom is -0.456 e. The van der Waals surface area contributed by atoms with E-state index in [4.69, 9.17) is 9.15 Å². The summed E-state index contributed by atoms with van der Waals surface area (Å²) in [5, 5.41) is 7.07. The Morgan fingerprint density at radius 1 is 0.441 bits per heavy atom. The van der Waals surface area contributed by atoms with Crippen molar-refractivity contribution in [1.29, 1.82) is 0 Å². The average molecular weight is 434 g/mol. The smallest absolute Gasteiger partial charge is 0.136 e. The second-order valence-corrected chi connectivity index (χ2v) is 8.95. The van der Waals surface area contributed by atoms with E-state index in [0.717, 1.165) is 44.6 Å². The summed E-state index contributed by atoms with van der Waals surface area (Å²) < 4.78 is 12.6. The zero-order valence-electron chi connectivity index (χ0n) is 18.2. The maximum absolute atomic E-state index is 6.31. The third-order valence-corrected chi connectivity index (χ3v) is 7.03. The first kappa shape index (κ1) is 17.9. The Labute approximate surface area is 195 Å². The molecule has 0 amide bonds. The molecule has 0 saturated carbocycles. The molecule has 158 valence electrons. The van der Waals surface area contributed by atoms with Crippen molar-refractivity contribution in [2.75, 3.05) is 0 Å². The maximum Gasteiger partial charge on any atom is 0.136 e. The van der Waals surface area contributed by atoms with Gasteiger partial charge in [-0.3, -0.25) is 0 Å². The molecule has 7 aromatic rings. The van der Waals surface area contributed by atoms with E-state index in [1.54, 1.807) is 0 Å². The summed E-state index contributed by atoms with van der Waals surface area (Å²) >= 11 is 0. The van der Waals surface area contributed by atoms with Crippen LogP contribution in [0.15, 0.2) is 114 Å². The van der Waals surface area contributed by atoms with Crippen molar-refractivity contribution in [3.63, 3.8) is 0 Å². The highest BCUT2D eigenvalue weighted by atomic mass is 16.5. The second-order valence-electron chi connectivity index (χ2n) is 8.95. The number of ether oxygens (including phenoxy) is 1. The number of benzene rings is 6. The summed E-state index contributed by atoms with van der Waals surface area (Å²) in [6, 6.07) is 38.4. The van der Waals surface area contributed by atoms with Gasteiger partial charge in [0.2, 0.25) is 0 Å². The molecule has 0 spiro atoms. The fourth-order valence-corrected chi connectivity index (χ4v) is 5.48. The van der Waals surface area contributed by atoms with Crippen LogP contribution >= 0.6 is 0 Å². The van der Waals surface area contributed by atoms with Gasteiger partial charge in [0.05, 0.1) is 0 Å². The normalized spacial score (nSPS) is 12.4. The van der Waals surface area contributed by atoms with E-state index < -0.39 is 0 Å². The van der Waals surface area contributed by atoms with E-state index in [2.05, 4.69) is 103 Å². The molecule has 6 aromatic carbocycles. The standard InChI is InChI=1S/C32H18O2/c1-2-7-21-18-30-26(16-20(21)6-1)32-23(10-5-13-29(32)34-30)22-14-15-27-25(17-22)24-11-3-8-19-9-4-12-28(33-27)31(19)24/h1-18H. The lowest BCUT2D eigenvalue weighted by Crippen LogP contribution is -1.97. The van der Waals surface area contributed by atoms with Crippen LogP contribution in [0, 0.1) is 0 Å². The van der Waals surface area contributed by atoms with Crippen LogP contribution in [0.25, 0.3) is 65.7 Å². The van der Waals surface area contributed by atoms with Gasteiger partial charge in [-0.2, -0.15) is 0 Å². The molecule has 2 nitrogen and oxygen atoms in total. The molecule has 0 fully saturated rings. The van der Waals surface area contributed by atoms with Crippen LogP contribution in [0.1, 0.15) is 0 Å². The Morgan fingerprint density at radius 2 is 1.21 bits per heavy atom. The lowest BCUT2D eigenvalue weighted by molar-refractivity contribution is 0.487. The number of hydrogen-bond donors (Lipinski definition) is 0. The number of furan rings is 1. The van der Waals surface area contributed by atoms with Gasteiger partial charge in [0, 0.05) is 21.7 Å². The Hall–Kier alpha value is -4.56. The van der Waals surface area contributed by atoms with Crippen molar-refractivity contribution in [1.82, 2.24) is 0 Å². The Kier molecular flexibility index (Phi) is 3.42. The van der Waals surface area contributed by atoms with E-state index in [-0.39, 0.29) is 0 Å². The largest absolute Gasteiger partial charge is 0.456 e. The molecule has 0 aliphatic carbocycles. The molecule has 1 aliphatic heterocycles. The van der Waals surface area contributed by atoms with Crippen molar-refractivity contribution in [3.05, 3.63) is 109 Å². The van der Waals surface area contributed by atoms with Crippen LogP contribution < -0.4 is 4.74 Å². The molecule has 0 saturated heterocycles. The van der Waals surface area contributed by atoms with Crippen LogP contribution in [-0.4, -0.2) is 0 Å². The topological polar surface area (TPSA) is 22.4 Å². The molecule has 0 atom stereocenters. The number of rotatable bonds is 1. The molecule has 1 aromatic heterocycles. The predicted octanol–water partition coefficient (Wildman–Crippen LogP) is 9.33. The molecular weight excluding hydrogens is 416 g/mol.